The van der Waals surface area contributed by atoms with Crippen LogP contribution < -0.4 is 9.47 Å². The van der Waals surface area contributed by atoms with Gasteiger partial charge in [-0.3, -0.25) is 14.9 Å². The minimum Gasteiger partial charge on any atom is -0.493 e. The number of ether oxygens (including phenoxy) is 2. The van der Waals surface area contributed by atoms with Crippen LogP contribution in [0.25, 0.3) is 12.2 Å². The second-order valence-corrected chi connectivity index (χ2v) is 8.15. The molecule has 2 aromatic carbocycles. The normalized spacial score (nSPS) is 15.3. The highest BCUT2D eigenvalue weighted by Crippen LogP contribution is 2.28. The largest absolute Gasteiger partial charge is 0.493 e. The number of H-pyrrole nitrogens is 1. The van der Waals surface area contributed by atoms with Crippen LogP contribution in [0.5, 0.6) is 11.5 Å². The second-order valence-electron chi connectivity index (χ2n) is 7.79. The van der Waals surface area contributed by atoms with Crippen LogP contribution in [0.3, 0.4) is 0 Å². The first-order valence-corrected chi connectivity index (χ1v) is 11.1. The van der Waals surface area contributed by atoms with E-state index < -0.39 is 0 Å². The molecule has 168 valence electrons. The van der Waals surface area contributed by atoms with Crippen LogP contribution in [0.2, 0.25) is 0 Å². The van der Waals surface area contributed by atoms with Crippen molar-refractivity contribution < 1.29 is 9.47 Å². The van der Waals surface area contributed by atoms with Crippen molar-refractivity contribution in [1.82, 2.24) is 24.6 Å². The highest BCUT2D eigenvalue weighted by Gasteiger charge is 2.18. The Labute approximate surface area is 193 Å². The summed E-state index contributed by atoms with van der Waals surface area (Å²) in [6.45, 7) is 5.56. The number of benzene rings is 2. The van der Waals surface area contributed by atoms with Crippen LogP contribution in [-0.4, -0.2) is 65.0 Å². The first-order chi connectivity index (χ1) is 15.6. The summed E-state index contributed by atoms with van der Waals surface area (Å²) in [5, 5.41) is 3.31. The van der Waals surface area contributed by atoms with Gasteiger partial charge in [0.25, 0.3) is 0 Å². The quantitative estimate of drug-likeness (QED) is 0.524. The van der Waals surface area contributed by atoms with Crippen molar-refractivity contribution in [2.45, 2.75) is 13.2 Å². The topological polar surface area (TPSA) is 58.5 Å². The van der Waals surface area contributed by atoms with Gasteiger partial charge in [0.1, 0.15) is 5.82 Å². The number of nitrogens with one attached hydrogen (secondary N) is 1. The number of hydrogen-bond donors (Lipinski definition) is 1. The predicted octanol–water partition coefficient (Wildman–Crippen LogP) is 3.90. The number of nitrogens with zero attached hydrogens (tertiary/aromatic N) is 4. The zero-order chi connectivity index (χ0) is 22.3. The van der Waals surface area contributed by atoms with Crippen molar-refractivity contribution in [1.29, 1.82) is 0 Å². The zero-order valence-electron chi connectivity index (χ0n) is 18.5. The monoisotopic (exact) mass is 451 g/mol. The molecule has 7 nitrogen and oxygen atoms in total. The van der Waals surface area contributed by atoms with E-state index in [-0.39, 0.29) is 0 Å². The maximum absolute atomic E-state index is 5.45. The molecule has 1 N–H and O–H groups in total. The maximum atomic E-state index is 5.45. The Kier molecular flexibility index (Phi) is 7.36. The van der Waals surface area contributed by atoms with Crippen molar-refractivity contribution in [2.24, 2.45) is 0 Å². The van der Waals surface area contributed by atoms with Crippen LogP contribution in [0.4, 0.5) is 0 Å². The lowest BCUT2D eigenvalue weighted by atomic mass is 10.1. The van der Waals surface area contributed by atoms with E-state index in [9.17, 15) is 0 Å². The van der Waals surface area contributed by atoms with Gasteiger partial charge in [-0.25, -0.2) is 4.68 Å². The lowest BCUT2D eigenvalue weighted by molar-refractivity contribution is 0.0981. The fourth-order valence-electron chi connectivity index (χ4n) is 3.81. The molecule has 8 heteroatoms. The molecule has 0 radical (unpaired) electrons. The van der Waals surface area contributed by atoms with Crippen molar-refractivity contribution in [2.75, 3.05) is 40.4 Å². The molecule has 2 heterocycles. The summed E-state index contributed by atoms with van der Waals surface area (Å²) < 4.78 is 13.3. The molecule has 0 aliphatic carbocycles. The molecule has 1 fully saturated rings. The fraction of sp³-hybridized carbons (Fsp3) is 0.333. The minimum absolute atomic E-state index is 0.575. The molecule has 1 saturated heterocycles. The molecule has 0 spiro atoms. The van der Waals surface area contributed by atoms with E-state index in [0.717, 1.165) is 62.3 Å². The molecule has 32 heavy (non-hydrogen) atoms. The molecule has 1 aromatic heterocycles. The summed E-state index contributed by atoms with van der Waals surface area (Å²) in [4.78, 5) is 9.32. The molecule has 0 amide bonds. The number of rotatable bonds is 8. The fourth-order valence-corrected chi connectivity index (χ4v) is 4.01. The Hall–Kier alpha value is -2.94. The van der Waals surface area contributed by atoms with Crippen molar-refractivity contribution in [3.05, 3.63) is 70.3 Å². The molecule has 1 aliphatic rings. The molecular formula is C24H29N5O2S. The van der Waals surface area contributed by atoms with E-state index >= 15 is 0 Å². The number of aromatic amines is 1. The van der Waals surface area contributed by atoms with E-state index in [2.05, 4.69) is 44.1 Å². The highest BCUT2D eigenvalue weighted by atomic mass is 32.1. The Morgan fingerprint density at radius 3 is 2.38 bits per heavy atom. The van der Waals surface area contributed by atoms with Crippen molar-refractivity contribution >= 4 is 24.4 Å². The average Bonchev–Trinajstić information content (AvgIpc) is 3.18. The van der Waals surface area contributed by atoms with Gasteiger partial charge in [0.05, 0.1) is 20.9 Å². The maximum Gasteiger partial charge on any atom is 0.217 e. The third kappa shape index (κ3) is 5.64. The predicted molar refractivity (Wildman–Crippen MR) is 129 cm³/mol. The van der Waals surface area contributed by atoms with Gasteiger partial charge in [0.15, 0.2) is 11.5 Å². The Morgan fingerprint density at radius 1 is 0.938 bits per heavy atom. The van der Waals surface area contributed by atoms with Crippen molar-refractivity contribution in [3.63, 3.8) is 0 Å². The third-order valence-electron chi connectivity index (χ3n) is 5.59. The van der Waals surface area contributed by atoms with Gasteiger partial charge in [-0.05, 0) is 41.6 Å². The Morgan fingerprint density at radius 2 is 1.66 bits per heavy atom. The van der Waals surface area contributed by atoms with Crippen LogP contribution in [0, 0.1) is 4.77 Å². The Balaban J connectivity index is 1.30. The van der Waals surface area contributed by atoms with Crippen LogP contribution in [0.15, 0.2) is 48.5 Å². The summed E-state index contributed by atoms with van der Waals surface area (Å²) in [6, 6.07) is 16.3. The summed E-state index contributed by atoms with van der Waals surface area (Å²) in [7, 11) is 3.33. The van der Waals surface area contributed by atoms with E-state index in [4.69, 9.17) is 21.7 Å². The van der Waals surface area contributed by atoms with Gasteiger partial charge >= 0.3 is 0 Å². The molecule has 0 bridgehead atoms. The average molecular weight is 452 g/mol. The lowest BCUT2D eigenvalue weighted by Gasteiger charge is -2.34. The first kappa shape index (κ1) is 22.3. The Bertz CT molecular complexity index is 1100. The molecule has 0 atom stereocenters. The smallest absolute Gasteiger partial charge is 0.217 e. The van der Waals surface area contributed by atoms with Crippen LogP contribution in [-0.2, 0) is 13.2 Å². The minimum atomic E-state index is 0.575. The summed E-state index contributed by atoms with van der Waals surface area (Å²) in [5.41, 5.74) is 2.36. The molecule has 0 unspecified atom stereocenters. The van der Waals surface area contributed by atoms with Crippen molar-refractivity contribution in [3.8, 4) is 11.5 Å². The number of hydrogen-bond acceptors (Lipinski definition) is 6. The van der Waals surface area contributed by atoms with Crippen LogP contribution >= 0.6 is 12.2 Å². The zero-order valence-corrected chi connectivity index (χ0v) is 19.3. The number of aromatic nitrogens is 3. The number of methoxy groups -OCH3 is 2. The van der Waals surface area contributed by atoms with E-state index in [1.807, 2.05) is 41.1 Å². The molecule has 4 rings (SSSR count). The van der Waals surface area contributed by atoms with Gasteiger partial charge in [-0.15, -0.1) is 0 Å². The molecule has 1 aliphatic heterocycles. The molecule has 0 saturated carbocycles. The van der Waals surface area contributed by atoms with Gasteiger partial charge in [-0.2, -0.15) is 4.98 Å². The summed E-state index contributed by atoms with van der Waals surface area (Å²) in [6.07, 6.45) is 3.99. The SMILES string of the molecule is COc1ccc(CN2CCN(Cn3[nH]c(/C=C/c4ccccc4)nc3=S)CC2)cc1OC. The van der Waals surface area contributed by atoms with E-state index in [0.29, 0.717) is 4.77 Å². The van der Waals surface area contributed by atoms with Gasteiger partial charge in [0, 0.05) is 32.7 Å². The second kappa shape index (κ2) is 10.6. The van der Waals surface area contributed by atoms with Crippen LogP contribution in [0.1, 0.15) is 17.0 Å². The third-order valence-corrected chi connectivity index (χ3v) is 5.90. The highest BCUT2D eigenvalue weighted by molar-refractivity contribution is 7.71. The summed E-state index contributed by atoms with van der Waals surface area (Å²) in [5.74, 6) is 2.30. The van der Waals surface area contributed by atoms with Gasteiger partial charge < -0.3 is 9.47 Å². The van der Waals surface area contributed by atoms with Gasteiger partial charge in [-0.1, -0.05) is 42.5 Å². The first-order valence-electron chi connectivity index (χ1n) is 10.7. The standard InChI is InChI=1S/C24H29N5O2S/c1-30-21-10-8-20(16-22(21)31-2)17-27-12-14-28(15-13-27)18-29-24(32)25-23(26-29)11-9-19-6-4-3-5-7-19/h3-11,16H,12-15,17-18H2,1-2H3,(H,25,26,32)/b11-9+. The lowest BCUT2D eigenvalue weighted by Crippen LogP contribution is -2.46. The number of piperazine rings is 1. The molecule has 3 aromatic rings. The van der Waals surface area contributed by atoms with E-state index in [1.54, 1.807) is 14.2 Å². The molecular weight excluding hydrogens is 422 g/mol. The van der Waals surface area contributed by atoms with Gasteiger partial charge in [0.2, 0.25) is 4.77 Å². The summed E-state index contributed by atoms with van der Waals surface area (Å²) >= 11 is 5.45. The van der Waals surface area contributed by atoms with E-state index in [1.165, 1.54) is 5.56 Å².